The standard InChI is InChI=1S/C7H12O3/c1-2-7(3-4-8)9-5-6-10-7/h5-6,8H,2-4H2,1H3. The van der Waals surface area contributed by atoms with Crippen molar-refractivity contribution in [3.63, 3.8) is 0 Å². The zero-order chi connectivity index (χ0) is 7.45. The summed E-state index contributed by atoms with van der Waals surface area (Å²) in [5.74, 6) is -0.575. The van der Waals surface area contributed by atoms with Gasteiger partial charge in [-0.15, -0.1) is 0 Å². The second-order valence-corrected chi connectivity index (χ2v) is 2.25. The summed E-state index contributed by atoms with van der Waals surface area (Å²) in [4.78, 5) is 0. The second-order valence-electron chi connectivity index (χ2n) is 2.25. The van der Waals surface area contributed by atoms with Crippen LogP contribution in [0, 0.1) is 0 Å². The minimum atomic E-state index is -0.575. The Morgan fingerprint density at radius 3 is 2.40 bits per heavy atom. The number of aliphatic hydroxyl groups is 1. The lowest BCUT2D eigenvalue weighted by molar-refractivity contribution is -0.153. The van der Waals surface area contributed by atoms with Gasteiger partial charge >= 0.3 is 0 Å². The molecule has 0 aromatic carbocycles. The topological polar surface area (TPSA) is 38.7 Å². The molecule has 0 spiro atoms. The smallest absolute Gasteiger partial charge is 0.251 e. The molecule has 58 valence electrons. The minimum Gasteiger partial charge on any atom is -0.457 e. The van der Waals surface area contributed by atoms with Crippen LogP contribution in [0.2, 0.25) is 0 Å². The number of hydrogen-bond donors (Lipinski definition) is 1. The molecule has 0 bridgehead atoms. The van der Waals surface area contributed by atoms with Crippen LogP contribution in [0.3, 0.4) is 0 Å². The van der Waals surface area contributed by atoms with Crippen molar-refractivity contribution in [2.45, 2.75) is 25.6 Å². The quantitative estimate of drug-likeness (QED) is 0.642. The molecule has 0 aromatic rings. The maximum absolute atomic E-state index is 8.64. The van der Waals surface area contributed by atoms with Crippen LogP contribution < -0.4 is 0 Å². The van der Waals surface area contributed by atoms with Gasteiger partial charge in [0, 0.05) is 12.8 Å². The van der Waals surface area contributed by atoms with Gasteiger partial charge < -0.3 is 14.6 Å². The van der Waals surface area contributed by atoms with Crippen molar-refractivity contribution in [1.82, 2.24) is 0 Å². The second kappa shape index (κ2) is 2.92. The van der Waals surface area contributed by atoms with Crippen LogP contribution >= 0.6 is 0 Å². The average Bonchev–Trinajstić information content (AvgIpc) is 2.39. The summed E-state index contributed by atoms with van der Waals surface area (Å²) >= 11 is 0. The Kier molecular flexibility index (Phi) is 2.17. The molecule has 10 heavy (non-hydrogen) atoms. The van der Waals surface area contributed by atoms with Gasteiger partial charge in [0.2, 0.25) is 0 Å². The third kappa shape index (κ3) is 1.24. The van der Waals surface area contributed by atoms with Gasteiger partial charge in [-0.05, 0) is 0 Å². The molecule has 0 atom stereocenters. The van der Waals surface area contributed by atoms with Crippen LogP contribution in [-0.4, -0.2) is 17.5 Å². The lowest BCUT2D eigenvalue weighted by Gasteiger charge is -2.24. The minimum absolute atomic E-state index is 0.0928. The summed E-state index contributed by atoms with van der Waals surface area (Å²) in [6.45, 7) is 2.05. The molecule has 1 heterocycles. The summed E-state index contributed by atoms with van der Waals surface area (Å²) in [5.41, 5.74) is 0. The van der Waals surface area contributed by atoms with Crippen molar-refractivity contribution < 1.29 is 14.6 Å². The SMILES string of the molecule is CCC1(CCO)OC=CO1. The molecule has 1 aliphatic rings. The first-order valence-corrected chi connectivity index (χ1v) is 3.44. The van der Waals surface area contributed by atoms with Gasteiger partial charge in [0.25, 0.3) is 5.79 Å². The zero-order valence-electron chi connectivity index (χ0n) is 6.04. The summed E-state index contributed by atoms with van der Waals surface area (Å²) < 4.78 is 10.3. The predicted molar refractivity (Wildman–Crippen MR) is 36.0 cm³/mol. The van der Waals surface area contributed by atoms with Gasteiger partial charge in [0.15, 0.2) is 0 Å². The van der Waals surface area contributed by atoms with Crippen LogP contribution in [-0.2, 0) is 9.47 Å². The van der Waals surface area contributed by atoms with Gasteiger partial charge in [-0.1, -0.05) is 6.92 Å². The van der Waals surface area contributed by atoms with E-state index < -0.39 is 5.79 Å². The van der Waals surface area contributed by atoms with Crippen LogP contribution in [0.5, 0.6) is 0 Å². The first kappa shape index (κ1) is 7.41. The molecule has 0 fully saturated rings. The fraction of sp³-hybridized carbons (Fsp3) is 0.714. The van der Waals surface area contributed by atoms with Crippen LogP contribution in [0.1, 0.15) is 19.8 Å². The van der Waals surface area contributed by atoms with Crippen molar-refractivity contribution in [2.24, 2.45) is 0 Å². The van der Waals surface area contributed by atoms with E-state index in [0.29, 0.717) is 6.42 Å². The molecular formula is C7H12O3. The van der Waals surface area contributed by atoms with E-state index in [1.54, 1.807) is 0 Å². The van der Waals surface area contributed by atoms with Crippen LogP contribution in [0.15, 0.2) is 12.5 Å². The summed E-state index contributed by atoms with van der Waals surface area (Å²) in [6.07, 6.45) is 4.30. The molecule has 0 aliphatic carbocycles. The highest BCUT2D eigenvalue weighted by Gasteiger charge is 2.32. The first-order valence-electron chi connectivity index (χ1n) is 3.44. The number of hydrogen-bond acceptors (Lipinski definition) is 3. The predicted octanol–water partition coefficient (Wildman–Crippen LogP) is 0.993. The molecule has 0 aromatic heterocycles. The third-order valence-electron chi connectivity index (χ3n) is 1.65. The normalized spacial score (nSPS) is 20.2. The van der Waals surface area contributed by atoms with Gasteiger partial charge in [-0.3, -0.25) is 0 Å². The highest BCUT2D eigenvalue weighted by molar-refractivity contribution is 4.82. The molecule has 1 aliphatic heterocycles. The Bertz CT molecular complexity index is 123. The van der Waals surface area contributed by atoms with E-state index in [1.807, 2.05) is 6.92 Å². The van der Waals surface area contributed by atoms with Gasteiger partial charge in [-0.2, -0.15) is 0 Å². The van der Waals surface area contributed by atoms with E-state index in [2.05, 4.69) is 0 Å². The maximum atomic E-state index is 8.64. The Morgan fingerprint density at radius 2 is 2.00 bits per heavy atom. The molecular weight excluding hydrogens is 132 g/mol. The Hall–Kier alpha value is -0.700. The van der Waals surface area contributed by atoms with Gasteiger partial charge in [-0.25, -0.2) is 0 Å². The van der Waals surface area contributed by atoms with E-state index in [-0.39, 0.29) is 6.61 Å². The lowest BCUT2D eigenvalue weighted by Crippen LogP contribution is -2.29. The summed E-state index contributed by atoms with van der Waals surface area (Å²) in [5, 5.41) is 8.64. The van der Waals surface area contributed by atoms with E-state index in [4.69, 9.17) is 14.6 Å². The maximum Gasteiger partial charge on any atom is 0.251 e. The Labute approximate surface area is 60.3 Å². The van der Waals surface area contributed by atoms with E-state index in [0.717, 1.165) is 6.42 Å². The van der Waals surface area contributed by atoms with E-state index in [9.17, 15) is 0 Å². The van der Waals surface area contributed by atoms with E-state index >= 15 is 0 Å². The first-order chi connectivity index (χ1) is 4.83. The molecule has 1 rings (SSSR count). The number of ether oxygens (including phenoxy) is 2. The monoisotopic (exact) mass is 144 g/mol. The Balaban J connectivity index is 2.44. The van der Waals surface area contributed by atoms with Gasteiger partial charge in [0.1, 0.15) is 12.5 Å². The van der Waals surface area contributed by atoms with Crippen LogP contribution in [0.25, 0.3) is 0 Å². The molecule has 0 saturated heterocycles. The fourth-order valence-electron chi connectivity index (χ4n) is 0.963. The zero-order valence-corrected chi connectivity index (χ0v) is 6.04. The molecule has 3 nitrogen and oxygen atoms in total. The lowest BCUT2D eigenvalue weighted by atomic mass is 10.1. The molecule has 1 N–H and O–H groups in total. The van der Waals surface area contributed by atoms with Crippen molar-refractivity contribution in [3.05, 3.63) is 12.5 Å². The fourth-order valence-corrected chi connectivity index (χ4v) is 0.963. The van der Waals surface area contributed by atoms with Crippen molar-refractivity contribution in [1.29, 1.82) is 0 Å². The van der Waals surface area contributed by atoms with Crippen molar-refractivity contribution in [2.75, 3.05) is 6.61 Å². The molecule has 3 heteroatoms. The van der Waals surface area contributed by atoms with Gasteiger partial charge in [0.05, 0.1) is 6.61 Å². The summed E-state index contributed by atoms with van der Waals surface area (Å²) in [6, 6.07) is 0. The van der Waals surface area contributed by atoms with Crippen molar-refractivity contribution in [3.8, 4) is 0 Å². The third-order valence-corrected chi connectivity index (χ3v) is 1.65. The molecule has 0 unspecified atom stereocenters. The van der Waals surface area contributed by atoms with E-state index in [1.165, 1.54) is 12.5 Å². The molecule has 0 saturated carbocycles. The highest BCUT2D eigenvalue weighted by Crippen LogP contribution is 2.26. The summed E-state index contributed by atoms with van der Waals surface area (Å²) in [7, 11) is 0. The number of rotatable bonds is 3. The highest BCUT2D eigenvalue weighted by atomic mass is 16.7. The molecule has 0 amide bonds. The largest absolute Gasteiger partial charge is 0.457 e. The average molecular weight is 144 g/mol. The number of aliphatic hydroxyl groups excluding tert-OH is 1. The van der Waals surface area contributed by atoms with Crippen LogP contribution in [0.4, 0.5) is 0 Å². The molecule has 0 radical (unpaired) electrons. The Morgan fingerprint density at radius 1 is 1.40 bits per heavy atom. The van der Waals surface area contributed by atoms with Crippen molar-refractivity contribution >= 4 is 0 Å².